The van der Waals surface area contributed by atoms with Gasteiger partial charge >= 0.3 is 0 Å². The van der Waals surface area contributed by atoms with Gasteiger partial charge in [0.05, 0.1) is 6.26 Å². The minimum absolute atomic E-state index is 0.533. The maximum Gasteiger partial charge on any atom is 0.208 e. The predicted octanol–water partition coefficient (Wildman–Crippen LogP) is 0.826. The SMILES string of the molecule is CS(=O)(=O)NCCCNC1CCCC1C1CCCCN1. The lowest BCUT2D eigenvalue weighted by Crippen LogP contribution is -2.47. The van der Waals surface area contributed by atoms with Crippen LogP contribution in [0.3, 0.4) is 0 Å². The Labute approximate surface area is 123 Å². The molecule has 1 heterocycles. The van der Waals surface area contributed by atoms with Crippen molar-refractivity contribution in [2.45, 2.75) is 57.0 Å². The van der Waals surface area contributed by atoms with Crippen LogP contribution in [0.1, 0.15) is 44.9 Å². The van der Waals surface area contributed by atoms with Crippen LogP contribution in [0.15, 0.2) is 0 Å². The van der Waals surface area contributed by atoms with Crippen molar-refractivity contribution < 1.29 is 8.42 Å². The number of rotatable bonds is 7. The van der Waals surface area contributed by atoms with Gasteiger partial charge in [-0.25, -0.2) is 13.1 Å². The summed E-state index contributed by atoms with van der Waals surface area (Å²) in [6.07, 6.45) is 9.98. The highest BCUT2D eigenvalue weighted by Crippen LogP contribution is 2.31. The van der Waals surface area contributed by atoms with Crippen LogP contribution >= 0.6 is 0 Å². The molecule has 6 heteroatoms. The van der Waals surface area contributed by atoms with E-state index in [1.807, 2.05) is 0 Å². The van der Waals surface area contributed by atoms with Gasteiger partial charge in [-0.05, 0) is 51.1 Å². The maximum absolute atomic E-state index is 11.0. The van der Waals surface area contributed by atoms with Gasteiger partial charge in [0.1, 0.15) is 0 Å². The van der Waals surface area contributed by atoms with Crippen molar-refractivity contribution in [2.75, 3.05) is 25.9 Å². The van der Waals surface area contributed by atoms with Gasteiger partial charge in [0.2, 0.25) is 10.0 Å². The van der Waals surface area contributed by atoms with Crippen molar-refractivity contribution in [3.05, 3.63) is 0 Å². The fourth-order valence-electron chi connectivity index (χ4n) is 3.60. The molecule has 2 rings (SSSR count). The molecule has 0 spiro atoms. The molecule has 0 aromatic heterocycles. The summed E-state index contributed by atoms with van der Waals surface area (Å²) in [4.78, 5) is 0. The summed E-state index contributed by atoms with van der Waals surface area (Å²) in [5, 5.41) is 7.32. The second kappa shape index (κ2) is 7.73. The van der Waals surface area contributed by atoms with Crippen LogP contribution in [0.4, 0.5) is 0 Å². The fourth-order valence-corrected chi connectivity index (χ4v) is 4.12. The fraction of sp³-hybridized carbons (Fsp3) is 1.00. The van der Waals surface area contributed by atoms with E-state index in [1.165, 1.54) is 51.3 Å². The first-order chi connectivity index (χ1) is 9.56. The van der Waals surface area contributed by atoms with Gasteiger partial charge in [-0.3, -0.25) is 0 Å². The molecule has 2 fully saturated rings. The van der Waals surface area contributed by atoms with Crippen LogP contribution in [0.25, 0.3) is 0 Å². The molecular formula is C14H29N3O2S. The van der Waals surface area contributed by atoms with Crippen molar-refractivity contribution in [1.29, 1.82) is 0 Å². The van der Waals surface area contributed by atoms with Crippen molar-refractivity contribution in [3.8, 4) is 0 Å². The molecule has 1 aliphatic heterocycles. The van der Waals surface area contributed by atoms with Gasteiger partial charge in [0.25, 0.3) is 0 Å². The Hall–Kier alpha value is -0.170. The molecule has 0 aromatic carbocycles. The topological polar surface area (TPSA) is 70.2 Å². The third-order valence-electron chi connectivity index (χ3n) is 4.56. The second-order valence-corrected chi connectivity index (χ2v) is 8.06. The van der Waals surface area contributed by atoms with Gasteiger partial charge in [0.15, 0.2) is 0 Å². The van der Waals surface area contributed by atoms with Gasteiger partial charge < -0.3 is 10.6 Å². The molecule has 0 bridgehead atoms. The van der Waals surface area contributed by atoms with E-state index >= 15 is 0 Å². The first-order valence-electron chi connectivity index (χ1n) is 7.98. The largest absolute Gasteiger partial charge is 0.314 e. The molecule has 0 amide bonds. The third-order valence-corrected chi connectivity index (χ3v) is 5.29. The summed E-state index contributed by atoms with van der Waals surface area (Å²) >= 11 is 0. The molecule has 20 heavy (non-hydrogen) atoms. The lowest BCUT2D eigenvalue weighted by Gasteiger charge is -2.33. The molecule has 0 radical (unpaired) electrons. The van der Waals surface area contributed by atoms with E-state index in [0.717, 1.165) is 18.9 Å². The Balaban J connectivity index is 1.66. The van der Waals surface area contributed by atoms with E-state index in [1.54, 1.807) is 0 Å². The summed E-state index contributed by atoms with van der Waals surface area (Å²) in [7, 11) is -3.04. The first-order valence-corrected chi connectivity index (χ1v) is 9.87. The van der Waals surface area contributed by atoms with Crippen LogP contribution in [-0.4, -0.2) is 46.4 Å². The highest BCUT2D eigenvalue weighted by molar-refractivity contribution is 7.88. The standard InChI is InChI=1S/C14H29N3O2S/c1-20(18,19)17-11-5-10-16-14-8-4-6-12(14)13-7-2-3-9-15-13/h12-17H,2-11H2,1H3. The average Bonchev–Trinajstić information content (AvgIpc) is 2.86. The van der Waals surface area contributed by atoms with Gasteiger partial charge in [-0.1, -0.05) is 12.8 Å². The lowest BCUT2D eigenvalue weighted by atomic mass is 9.88. The minimum atomic E-state index is -3.04. The zero-order chi connectivity index (χ0) is 14.4. The molecule has 118 valence electrons. The van der Waals surface area contributed by atoms with E-state index in [-0.39, 0.29) is 0 Å². The normalized spacial score (nSPS) is 31.6. The molecule has 5 nitrogen and oxygen atoms in total. The van der Waals surface area contributed by atoms with E-state index < -0.39 is 10.0 Å². The number of hydrogen-bond acceptors (Lipinski definition) is 4. The van der Waals surface area contributed by atoms with E-state index in [2.05, 4.69) is 15.4 Å². The molecule has 1 saturated carbocycles. The smallest absolute Gasteiger partial charge is 0.208 e. The van der Waals surface area contributed by atoms with Gasteiger partial charge in [-0.2, -0.15) is 0 Å². The first kappa shape index (κ1) is 16.2. The third kappa shape index (κ3) is 5.31. The number of nitrogens with one attached hydrogen (secondary N) is 3. The van der Waals surface area contributed by atoms with Crippen LogP contribution in [0.5, 0.6) is 0 Å². The summed E-state index contributed by atoms with van der Waals surface area (Å²) in [5.74, 6) is 0.762. The maximum atomic E-state index is 11.0. The molecule has 3 atom stereocenters. The number of piperidine rings is 1. The lowest BCUT2D eigenvalue weighted by molar-refractivity contribution is 0.257. The van der Waals surface area contributed by atoms with Gasteiger partial charge in [-0.15, -0.1) is 0 Å². The molecular weight excluding hydrogens is 274 g/mol. The van der Waals surface area contributed by atoms with Crippen LogP contribution in [-0.2, 0) is 10.0 Å². The summed E-state index contributed by atoms with van der Waals surface area (Å²) in [6.45, 7) is 2.60. The predicted molar refractivity (Wildman–Crippen MR) is 82.2 cm³/mol. The molecule has 3 unspecified atom stereocenters. The Kier molecular flexibility index (Phi) is 6.26. The second-order valence-electron chi connectivity index (χ2n) is 6.23. The van der Waals surface area contributed by atoms with Crippen molar-refractivity contribution in [1.82, 2.24) is 15.4 Å². The van der Waals surface area contributed by atoms with E-state index in [0.29, 0.717) is 18.6 Å². The summed E-state index contributed by atoms with van der Waals surface area (Å²) < 4.78 is 24.5. The van der Waals surface area contributed by atoms with E-state index in [4.69, 9.17) is 0 Å². The van der Waals surface area contributed by atoms with Crippen LogP contribution in [0.2, 0.25) is 0 Å². The monoisotopic (exact) mass is 303 g/mol. The molecule has 3 N–H and O–H groups in total. The summed E-state index contributed by atoms with van der Waals surface area (Å²) in [6, 6.07) is 1.31. The van der Waals surface area contributed by atoms with Crippen LogP contribution < -0.4 is 15.4 Å². The highest BCUT2D eigenvalue weighted by atomic mass is 32.2. The Bertz CT molecular complexity index is 380. The van der Waals surface area contributed by atoms with Crippen molar-refractivity contribution in [2.24, 2.45) is 5.92 Å². The minimum Gasteiger partial charge on any atom is -0.314 e. The zero-order valence-corrected chi connectivity index (χ0v) is 13.3. The highest BCUT2D eigenvalue weighted by Gasteiger charge is 2.33. The average molecular weight is 303 g/mol. The van der Waals surface area contributed by atoms with E-state index in [9.17, 15) is 8.42 Å². The Morgan fingerprint density at radius 2 is 1.95 bits per heavy atom. The number of hydrogen-bond donors (Lipinski definition) is 3. The van der Waals surface area contributed by atoms with Crippen molar-refractivity contribution >= 4 is 10.0 Å². The Morgan fingerprint density at radius 1 is 1.10 bits per heavy atom. The molecule has 0 aromatic rings. The zero-order valence-electron chi connectivity index (χ0n) is 12.5. The molecule has 2 aliphatic rings. The summed E-state index contributed by atoms with van der Waals surface area (Å²) in [5.41, 5.74) is 0. The molecule has 1 aliphatic carbocycles. The quantitative estimate of drug-likeness (QED) is 0.609. The van der Waals surface area contributed by atoms with Gasteiger partial charge in [0, 0.05) is 18.6 Å². The van der Waals surface area contributed by atoms with Crippen LogP contribution in [0, 0.1) is 5.92 Å². The number of sulfonamides is 1. The van der Waals surface area contributed by atoms with Crippen molar-refractivity contribution in [3.63, 3.8) is 0 Å². The Morgan fingerprint density at radius 3 is 2.65 bits per heavy atom. The molecule has 1 saturated heterocycles.